The molecule has 3 aromatic rings. The molecule has 150 valence electrons. The Labute approximate surface area is 173 Å². The van der Waals surface area contributed by atoms with Crippen LogP contribution in [0.2, 0.25) is 5.02 Å². The van der Waals surface area contributed by atoms with Crippen LogP contribution >= 0.6 is 11.6 Å². The van der Waals surface area contributed by atoms with E-state index in [1.165, 1.54) is 17.8 Å². The molecule has 1 fully saturated rings. The van der Waals surface area contributed by atoms with Crippen molar-refractivity contribution in [1.82, 2.24) is 15.0 Å². The zero-order valence-corrected chi connectivity index (χ0v) is 16.9. The Morgan fingerprint density at radius 1 is 1.03 bits per heavy atom. The van der Waals surface area contributed by atoms with Crippen LogP contribution in [-0.2, 0) is 13.1 Å². The predicted molar refractivity (Wildman–Crippen MR) is 111 cm³/mol. The van der Waals surface area contributed by atoms with Gasteiger partial charge in [0.05, 0.1) is 18.3 Å². The van der Waals surface area contributed by atoms with Crippen LogP contribution < -0.4 is 9.80 Å². The Morgan fingerprint density at radius 2 is 1.83 bits per heavy atom. The van der Waals surface area contributed by atoms with E-state index in [0.717, 1.165) is 66.3 Å². The molecule has 0 unspecified atom stereocenters. The first kappa shape index (κ1) is 18.4. The number of hydrogen-bond acceptors (Lipinski definition) is 6. The first-order chi connectivity index (χ1) is 14.1. The summed E-state index contributed by atoms with van der Waals surface area (Å²) < 4.78 is 18.9. The third-order valence-corrected chi connectivity index (χ3v) is 5.79. The maximum absolute atomic E-state index is 13.1. The Bertz CT molecular complexity index is 1030. The molecule has 0 amide bonds. The van der Waals surface area contributed by atoms with Gasteiger partial charge in [-0.15, -0.1) is 0 Å². The van der Waals surface area contributed by atoms with E-state index in [1.54, 1.807) is 6.07 Å². The van der Waals surface area contributed by atoms with Gasteiger partial charge in [0.25, 0.3) is 0 Å². The van der Waals surface area contributed by atoms with Gasteiger partial charge < -0.3 is 14.3 Å². The number of pyridine rings is 1. The van der Waals surface area contributed by atoms with Gasteiger partial charge in [0.1, 0.15) is 11.6 Å². The summed E-state index contributed by atoms with van der Waals surface area (Å²) in [5, 5.41) is 5.17. The summed E-state index contributed by atoms with van der Waals surface area (Å²) in [5.41, 5.74) is 3.37. The van der Waals surface area contributed by atoms with Crippen molar-refractivity contribution in [3.05, 3.63) is 58.7 Å². The predicted octanol–water partition coefficient (Wildman–Crippen LogP) is 3.80. The molecule has 0 saturated carbocycles. The number of hydrogen-bond donors (Lipinski definition) is 0. The molecule has 8 heteroatoms. The number of fused-ring (bicyclic) bond motifs is 3. The minimum atomic E-state index is -0.318. The van der Waals surface area contributed by atoms with E-state index < -0.39 is 0 Å². The molecule has 1 saturated heterocycles. The molecule has 0 bridgehead atoms. The molecule has 29 heavy (non-hydrogen) atoms. The number of rotatable bonds is 2. The standard InChI is InChI=1S/C21H21ClFN5O/c1-26-12-14-10-15(22)2-4-17(14)20-18(13-26)29-25-21(20)28-8-6-27(7-9-28)19-5-3-16(23)11-24-19/h2-5,10-11H,6-9,12-13H2,1H3. The van der Waals surface area contributed by atoms with Gasteiger partial charge in [0, 0.05) is 37.7 Å². The van der Waals surface area contributed by atoms with Crippen molar-refractivity contribution < 1.29 is 8.91 Å². The molecule has 0 atom stereocenters. The number of piperazine rings is 1. The summed E-state index contributed by atoms with van der Waals surface area (Å²) in [6, 6.07) is 9.19. The highest BCUT2D eigenvalue weighted by Crippen LogP contribution is 2.40. The number of benzene rings is 1. The van der Waals surface area contributed by atoms with E-state index in [-0.39, 0.29) is 5.82 Å². The third-order valence-electron chi connectivity index (χ3n) is 5.55. The summed E-state index contributed by atoms with van der Waals surface area (Å²) in [4.78, 5) is 10.8. The fourth-order valence-corrected chi connectivity index (χ4v) is 4.33. The van der Waals surface area contributed by atoms with Gasteiger partial charge in [-0.05, 0) is 42.4 Å². The van der Waals surface area contributed by atoms with E-state index in [4.69, 9.17) is 16.1 Å². The lowest BCUT2D eigenvalue weighted by Crippen LogP contribution is -2.47. The van der Waals surface area contributed by atoms with Crippen LogP contribution in [-0.4, -0.2) is 48.3 Å². The molecule has 6 nitrogen and oxygen atoms in total. The van der Waals surface area contributed by atoms with Gasteiger partial charge in [0.15, 0.2) is 11.6 Å². The molecule has 1 aromatic carbocycles. The first-order valence-corrected chi connectivity index (χ1v) is 10.0. The molecule has 0 spiro atoms. The third kappa shape index (κ3) is 3.45. The van der Waals surface area contributed by atoms with Gasteiger partial charge in [-0.2, -0.15) is 0 Å². The van der Waals surface area contributed by atoms with Gasteiger partial charge in [0.2, 0.25) is 0 Å². The lowest BCUT2D eigenvalue weighted by Gasteiger charge is -2.35. The molecule has 4 heterocycles. The summed E-state index contributed by atoms with van der Waals surface area (Å²) in [7, 11) is 2.07. The van der Waals surface area contributed by atoms with Gasteiger partial charge in [-0.25, -0.2) is 9.37 Å². The van der Waals surface area contributed by atoms with Crippen LogP contribution in [0.4, 0.5) is 16.0 Å². The van der Waals surface area contributed by atoms with Crippen molar-refractivity contribution in [2.45, 2.75) is 13.1 Å². The Balaban J connectivity index is 1.43. The lowest BCUT2D eigenvalue weighted by atomic mass is 10.00. The molecular formula is C21H21ClFN5O. The van der Waals surface area contributed by atoms with E-state index in [1.807, 2.05) is 12.1 Å². The van der Waals surface area contributed by atoms with Gasteiger partial charge in [-0.1, -0.05) is 22.8 Å². The lowest BCUT2D eigenvalue weighted by molar-refractivity contribution is 0.270. The SMILES string of the molecule is CN1Cc2cc(Cl)ccc2-c2c(N3CCN(c4ccc(F)cn4)CC3)noc2C1. The van der Waals surface area contributed by atoms with E-state index >= 15 is 0 Å². The second-order valence-electron chi connectivity index (χ2n) is 7.59. The van der Waals surface area contributed by atoms with Crippen LogP contribution in [0.5, 0.6) is 0 Å². The van der Waals surface area contributed by atoms with Crippen LogP contribution in [0.1, 0.15) is 11.3 Å². The highest BCUT2D eigenvalue weighted by molar-refractivity contribution is 6.30. The summed E-state index contributed by atoms with van der Waals surface area (Å²) in [5.74, 6) is 2.24. The van der Waals surface area contributed by atoms with E-state index in [9.17, 15) is 4.39 Å². The maximum atomic E-state index is 13.1. The Kier molecular flexibility index (Phi) is 4.64. The number of aromatic nitrogens is 2. The molecule has 2 aliphatic heterocycles. The molecular weight excluding hydrogens is 393 g/mol. The fraction of sp³-hybridized carbons (Fsp3) is 0.333. The van der Waals surface area contributed by atoms with E-state index in [0.29, 0.717) is 6.54 Å². The minimum Gasteiger partial charge on any atom is -0.357 e. The van der Waals surface area contributed by atoms with Gasteiger partial charge >= 0.3 is 0 Å². The second kappa shape index (κ2) is 7.31. The molecule has 2 aliphatic rings. The normalized spacial score (nSPS) is 17.1. The smallest absolute Gasteiger partial charge is 0.180 e. The zero-order valence-electron chi connectivity index (χ0n) is 16.1. The maximum Gasteiger partial charge on any atom is 0.180 e. The summed E-state index contributed by atoms with van der Waals surface area (Å²) >= 11 is 6.25. The molecule has 0 radical (unpaired) electrons. The van der Waals surface area contributed by atoms with Crippen molar-refractivity contribution >= 4 is 23.2 Å². The largest absolute Gasteiger partial charge is 0.357 e. The van der Waals surface area contributed by atoms with Gasteiger partial charge in [-0.3, -0.25) is 4.90 Å². The molecule has 5 rings (SSSR count). The number of halogens is 2. The van der Waals surface area contributed by atoms with Crippen molar-refractivity contribution in [3.8, 4) is 11.1 Å². The average molecular weight is 414 g/mol. The number of anilines is 2. The van der Waals surface area contributed by atoms with Crippen LogP contribution in [0, 0.1) is 5.82 Å². The number of nitrogens with zero attached hydrogens (tertiary/aromatic N) is 5. The van der Waals surface area contributed by atoms with Crippen LogP contribution in [0.25, 0.3) is 11.1 Å². The van der Waals surface area contributed by atoms with Crippen LogP contribution in [0.3, 0.4) is 0 Å². The highest BCUT2D eigenvalue weighted by atomic mass is 35.5. The zero-order chi connectivity index (χ0) is 20.0. The van der Waals surface area contributed by atoms with E-state index in [2.05, 4.69) is 38.0 Å². The molecule has 0 N–H and O–H groups in total. The highest BCUT2D eigenvalue weighted by Gasteiger charge is 2.29. The summed E-state index contributed by atoms with van der Waals surface area (Å²) in [6.45, 7) is 4.66. The monoisotopic (exact) mass is 413 g/mol. The van der Waals surface area contributed by atoms with Crippen molar-refractivity contribution in [2.75, 3.05) is 43.0 Å². The van der Waals surface area contributed by atoms with Crippen molar-refractivity contribution in [2.24, 2.45) is 0 Å². The molecule has 2 aromatic heterocycles. The first-order valence-electron chi connectivity index (χ1n) is 9.66. The summed E-state index contributed by atoms with van der Waals surface area (Å²) in [6.07, 6.45) is 1.26. The Morgan fingerprint density at radius 3 is 2.59 bits per heavy atom. The quantitative estimate of drug-likeness (QED) is 0.637. The topological polar surface area (TPSA) is 48.6 Å². The Hall–Kier alpha value is -2.64. The average Bonchev–Trinajstić information content (AvgIpc) is 3.06. The molecule has 0 aliphatic carbocycles. The second-order valence-corrected chi connectivity index (χ2v) is 8.02. The van der Waals surface area contributed by atoms with Crippen molar-refractivity contribution in [1.29, 1.82) is 0 Å². The minimum absolute atomic E-state index is 0.318. The fourth-order valence-electron chi connectivity index (χ4n) is 4.14. The van der Waals surface area contributed by atoms with Crippen LogP contribution in [0.15, 0.2) is 41.1 Å². The van der Waals surface area contributed by atoms with Crippen molar-refractivity contribution in [3.63, 3.8) is 0 Å².